The van der Waals surface area contributed by atoms with Crippen LogP contribution in [0, 0.1) is 0 Å². The average Bonchev–Trinajstić information content (AvgIpc) is 3.34. The Hall–Kier alpha value is -4.10. The predicted molar refractivity (Wildman–Crippen MR) is 173 cm³/mol. The number of rotatable bonds is 6. The standard InChI is InChI=1S/C35H26Cl2N2O3S/c1-41-25-9-5-8-24(19-25)33-28-14-13-23-7-2-3-11-27(23)32(28)38-35-39(33)34(40)31(43-35)18-21-6-4-10-26(16-21)42-20-22-12-15-29(36)30(37)17-22/h2-12,15-19,33H,13-14,20H2,1H3/b31-18-/t33-/m1/s1. The van der Waals surface area contributed by atoms with Crippen LogP contribution in [0.1, 0.15) is 40.3 Å². The lowest BCUT2D eigenvalue weighted by Crippen LogP contribution is -2.38. The summed E-state index contributed by atoms with van der Waals surface area (Å²) in [5.41, 5.74) is 7.27. The fraction of sp³-hybridized carbons (Fsp3) is 0.143. The van der Waals surface area contributed by atoms with Crippen LogP contribution in [0.15, 0.2) is 106 Å². The van der Waals surface area contributed by atoms with Crippen LogP contribution in [0.25, 0.3) is 11.8 Å². The van der Waals surface area contributed by atoms with Crippen LogP contribution in [-0.2, 0) is 13.0 Å². The Morgan fingerprint density at radius 3 is 2.63 bits per heavy atom. The molecule has 8 heteroatoms. The number of hydrogen-bond donors (Lipinski definition) is 0. The van der Waals surface area contributed by atoms with Gasteiger partial charge >= 0.3 is 0 Å². The minimum Gasteiger partial charge on any atom is -0.497 e. The molecule has 2 aliphatic rings. The third kappa shape index (κ3) is 5.31. The normalized spacial score (nSPS) is 15.8. The summed E-state index contributed by atoms with van der Waals surface area (Å²) in [6.07, 6.45) is 3.65. The van der Waals surface area contributed by atoms with E-state index in [1.807, 2.05) is 59.2 Å². The molecule has 0 saturated heterocycles. The van der Waals surface area contributed by atoms with Gasteiger partial charge < -0.3 is 9.47 Å². The maximum Gasteiger partial charge on any atom is 0.271 e. The second-order valence-electron chi connectivity index (χ2n) is 10.5. The van der Waals surface area contributed by atoms with E-state index in [1.54, 1.807) is 19.2 Å². The predicted octanol–water partition coefficient (Wildman–Crippen LogP) is 7.21. The van der Waals surface area contributed by atoms with E-state index in [0.29, 0.717) is 31.7 Å². The zero-order valence-electron chi connectivity index (χ0n) is 23.2. The lowest BCUT2D eigenvalue weighted by molar-refractivity contribution is 0.306. The van der Waals surface area contributed by atoms with E-state index in [9.17, 15) is 4.79 Å². The van der Waals surface area contributed by atoms with E-state index < -0.39 is 0 Å². The van der Waals surface area contributed by atoms with Crippen molar-refractivity contribution in [1.29, 1.82) is 0 Å². The van der Waals surface area contributed by atoms with Crippen molar-refractivity contribution in [1.82, 2.24) is 4.57 Å². The van der Waals surface area contributed by atoms with Gasteiger partial charge in [-0.15, -0.1) is 0 Å². The van der Waals surface area contributed by atoms with Crippen LogP contribution >= 0.6 is 34.5 Å². The Labute approximate surface area is 262 Å². The van der Waals surface area contributed by atoms with Gasteiger partial charge in [0.05, 0.1) is 33.4 Å². The Morgan fingerprint density at radius 2 is 1.77 bits per heavy atom. The van der Waals surface area contributed by atoms with Crippen molar-refractivity contribution in [3.8, 4) is 11.5 Å². The highest BCUT2D eigenvalue weighted by Gasteiger charge is 2.32. The van der Waals surface area contributed by atoms with Gasteiger partial charge in [0, 0.05) is 5.56 Å². The van der Waals surface area contributed by atoms with Gasteiger partial charge in [-0.3, -0.25) is 9.36 Å². The van der Waals surface area contributed by atoms with E-state index in [4.69, 9.17) is 37.7 Å². The van der Waals surface area contributed by atoms with Gasteiger partial charge in [0.25, 0.3) is 5.56 Å². The van der Waals surface area contributed by atoms with Crippen LogP contribution in [0.5, 0.6) is 11.5 Å². The highest BCUT2D eigenvalue weighted by atomic mass is 35.5. The van der Waals surface area contributed by atoms with Gasteiger partial charge in [0.15, 0.2) is 4.80 Å². The van der Waals surface area contributed by atoms with Crippen LogP contribution in [-0.4, -0.2) is 11.7 Å². The fourth-order valence-corrected chi connectivity index (χ4v) is 7.10. The van der Waals surface area contributed by atoms with E-state index >= 15 is 0 Å². The molecule has 214 valence electrons. The molecule has 0 bridgehead atoms. The summed E-state index contributed by atoms with van der Waals surface area (Å²) in [5.74, 6) is 1.45. The molecule has 43 heavy (non-hydrogen) atoms. The molecule has 0 spiro atoms. The summed E-state index contributed by atoms with van der Waals surface area (Å²) in [6.45, 7) is 0.343. The highest BCUT2D eigenvalue weighted by molar-refractivity contribution is 7.07. The molecule has 2 heterocycles. The van der Waals surface area contributed by atoms with Crippen molar-refractivity contribution in [3.63, 3.8) is 0 Å². The second-order valence-corrected chi connectivity index (χ2v) is 12.3. The second kappa shape index (κ2) is 11.5. The lowest BCUT2D eigenvalue weighted by Gasteiger charge is -2.31. The van der Waals surface area contributed by atoms with Gasteiger partial charge in [0.1, 0.15) is 18.1 Å². The zero-order chi connectivity index (χ0) is 29.5. The smallest absolute Gasteiger partial charge is 0.271 e. The number of benzene rings is 4. The van der Waals surface area contributed by atoms with Gasteiger partial charge in [0.2, 0.25) is 0 Å². The molecule has 0 saturated carbocycles. The summed E-state index contributed by atoms with van der Waals surface area (Å²) in [6, 6.07) is 29.3. The van der Waals surface area contributed by atoms with Crippen molar-refractivity contribution in [2.45, 2.75) is 25.5 Å². The number of hydrogen-bond acceptors (Lipinski definition) is 5. The van der Waals surface area contributed by atoms with Crippen LogP contribution in [0.2, 0.25) is 10.0 Å². The van der Waals surface area contributed by atoms with E-state index in [0.717, 1.165) is 52.1 Å². The molecular formula is C35H26Cl2N2O3S. The fourth-order valence-electron chi connectivity index (χ4n) is 5.78. The molecule has 0 N–H and O–H groups in total. The molecule has 7 rings (SSSR count). The number of halogens is 2. The minimum atomic E-state index is -0.266. The number of allylic oxidation sites excluding steroid dienone is 1. The lowest BCUT2D eigenvalue weighted by atomic mass is 9.83. The van der Waals surface area contributed by atoms with E-state index in [2.05, 4.69) is 30.3 Å². The minimum absolute atomic E-state index is 0.0656. The Bertz CT molecular complexity index is 2100. The molecule has 5 nitrogen and oxygen atoms in total. The molecule has 1 atom stereocenters. The third-order valence-electron chi connectivity index (χ3n) is 7.83. The van der Waals surface area contributed by atoms with Gasteiger partial charge in [-0.05, 0) is 83.1 Å². The first-order chi connectivity index (χ1) is 21.0. The SMILES string of the molecule is COc1cccc([C@@H]2C3=C(N=c4s/c(=C\c5cccc(OCc6ccc(Cl)c(Cl)c6)c5)c(=O)n42)c2ccccc2CC3)c1. The molecule has 0 radical (unpaired) electrons. The van der Waals surface area contributed by atoms with Gasteiger partial charge in [-0.2, -0.15) is 0 Å². The number of methoxy groups -OCH3 is 1. The molecule has 0 amide bonds. The number of aryl methyl sites for hydroxylation is 1. The van der Waals surface area contributed by atoms with Crippen molar-refractivity contribution < 1.29 is 9.47 Å². The van der Waals surface area contributed by atoms with E-state index in [1.165, 1.54) is 16.9 Å². The Kier molecular flexibility index (Phi) is 7.43. The van der Waals surface area contributed by atoms with Crippen LogP contribution in [0.3, 0.4) is 0 Å². The zero-order valence-corrected chi connectivity index (χ0v) is 25.5. The number of fused-ring (bicyclic) bond motifs is 3. The summed E-state index contributed by atoms with van der Waals surface area (Å²) >= 11 is 13.6. The van der Waals surface area contributed by atoms with E-state index in [-0.39, 0.29) is 11.6 Å². The molecule has 1 aromatic heterocycles. The highest BCUT2D eigenvalue weighted by Crippen LogP contribution is 2.41. The van der Waals surface area contributed by atoms with Crippen molar-refractivity contribution >= 4 is 46.3 Å². The molecule has 1 aliphatic carbocycles. The first-order valence-electron chi connectivity index (χ1n) is 13.9. The molecule has 0 unspecified atom stereocenters. The summed E-state index contributed by atoms with van der Waals surface area (Å²) in [4.78, 5) is 19.9. The topological polar surface area (TPSA) is 52.8 Å². The van der Waals surface area contributed by atoms with Gasteiger partial charge in [-0.1, -0.05) is 89.1 Å². The number of thiazole rings is 1. The van der Waals surface area contributed by atoms with Crippen molar-refractivity contribution in [2.24, 2.45) is 4.99 Å². The first-order valence-corrected chi connectivity index (χ1v) is 15.5. The van der Waals surface area contributed by atoms with Gasteiger partial charge in [-0.25, -0.2) is 4.99 Å². The summed E-state index contributed by atoms with van der Waals surface area (Å²) in [7, 11) is 1.66. The number of ether oxygens (including phenoxy) is 2. The van der Waals surface area contributed by atoms with Crippen molar-refractivity contribution in [2.75, 3.05) is 7.11 Å². The van der Waals surface area contributed by atoms with Crippen LogP contribution < -0.4 is 24.4 Å². The van der Waals surface area contributed by atoms with Crippen molar-refractivity contribution in [3.05, 3.63) is 154 Å². The molecule has 5 aromatic rings. The third-order valence-corrected chi connectivity index (χ3v) is 9.55. The Morgan fingerprint density at radius 1 is 0.930 bits per heavy atom. The average molecular weight is 626 g/mol. The maximum absolute atomic E-state index is 14.1. The first kappa shape index (κ1) is 27.7. The maximum atomic E-state index is 14.1. The van der Waals surface area contributed by atoms with Crippen LogP contribution in [0.4, 0.5) is 0 Å². The molecule has 4 aromatic carbocycles. The monoisotopic (exact) mass is 624 g/mol. The number of nitrogens with zero attached hydrogens (tertiary/aromatic N) is 2. The molecule has 1 aliphatic heterocycles. The quantitative estimate of drug-likeness (QED) is 0.200. The Balaban J connectivity index is 1.30. The summed E-state index contributed by atoms with van der Waals surface area (Å²) in [5, 5.41) is 0.997. The largest absolute Gasteiger partial charge is 0.497 e. The molecule has 0 fully saturated rings. The molecular weight excluding hydrogens is 599 g/mol. The number of aromatic nitrogens is 1. The summed E-state index contributed by atoms with van der Waals surface area (Å²) < 4.78 is 14.1.